The van der Waals surface area contributed by atoms with Gasteiger partial charge in [0.05, 0.1) is 25.8 Å². The number of nitrogens with zero attached hydrogens (tertiary/aromatic N) is 1. The van der Waals surface area contributed by atoms with Gasteiger partial charge < -0.3 is 14.6 Å². The largest absolute Gasteiger partial charge is 0.507 e. The molecule has 0 spiro atoms. The van der Waals surface area contributed by atoms with Gasteiger partial charge in [-0.2, -0.15) is 0 Å². The Hall–Kier alpha value is -4.06. The molecule has 1 N–H and O–H groups in total. The Morgan fingerprint density at radius 2 is 1.58 bits per heavy atom. The van der Waals surface area contributed by atoms with Crippen LogP contribution in [0.2, 0.25) is 0 Å². The molecule has 4 rings (SSSR count). The summed E-state index contributed by atoms with van der Waals surface area (Å²) in [6, 6.07) is 21.8. The van der Waals surface area contributed by atoms with Crippen molar-refractivity contribution in [3.63, 3.8) is 0 Å². The summed E-state index contributed by atoms with van der Waals surface area (Å²) in [7, 11) is 3.05. The van der Waals surface area contributed by atoms with Gasteiger partial charge >= 0.3 is 0 Å². The van der Waals surface area contributed by atoms with E-state index in [1.54, 1.807) is 72.8 Å². The first-order chi connectivity index (χ1) is 15.1. The van der Waals surface area contributed by atoms with Crippen molar-refractivity contribution in [1.29, 1.82) is 0 Å². The Labute approximate surface area is 180 Å². The van der Waals surface area contributed by atoms with E-state index in [1.165, 1.54) is 19.1 Å². The van der Waals surface area contributed by atoms with Crippen LogP contribution in [-0.4, -0.2) is 31.0 Å². The maximum atomic E-state index is 13.2. The summed E-state index contributed by atoms with van der Waals surface area (Å²) in [5, 5.41) is 11.1. The molecule has 1 aliphatic rings. The lowest BCUT2D eigenvalue weighted by Crippen LogP contribution is -2.29. The number of carbonyl (C=O) groups excluding carboxylic acids is 2. The molecule has 0 aliphatic carbocycles. The van der Waals surface area contributed by atoms with Gasteiger partial charge in [0, 0.05) is 22.9 Å². The average molecular weight is 415 g/mol. The maximum Gasteiger partial charge on any atom is 0.300 e. The van der Waals surface area contributed by atoms with Gasteiger partial charge in [0.2, 0.25) is 0 Å². The number of amides is 1. The lowest BCUT2D eigenvalue weighted by Gasteiger charge is -2.26. The fraction of sp³-hybridized carbons (Fsp3) is 0.120. The molecule has 31 heavy (non-hydrogen) atoms. The minimum atomic E-state index is -0.872. The minimum absolute atomic E-state index is 0.00326. The fourth-order valence-electron chi connectivity index (χ4n) is 3.80. The van der Waals surface area contributed by atoms with Crippen LogP contribution < -0.4 is 14.4 Å². The number of para-hydroxylation sites is 1. The molecule has 1 aliphatic heterocycles. The number of rotatable bonds is 5. The summed E-state index contributed by atoms with van der Waals surface area (Å²) in [4.78, 5) is 27.7. The van der Waals surface area contributed by atoms with Gasteiger partial charge in [-0.15, -0.1) is 0 Å². The number of aliphatic hydroxyl groups excluding tert-OH is 1. The topological polar surface area (TPSA) is 76.1 Å². The number of aliphatic hydroxyl groups is 1. The molecule has 0 saturated carbocycles. The second-order valence-electron chi connectivity index (χ2n) is 6.98. The highest BCUT2D eigenvalue weighted by Crippen LogP contribution is 2.45. The molecule has 1 fully saturated rings. The van der Waals surface area contributed by atoms with Crippen molar-refractivity contribution >= 4 is 23.1 Å². The summed E-state index contributed by atoms with van der Waals surface area (Å²) >= 11 is 0. The Bertz CT molecular complexity index is 1170. The number of carbonyl (C=O) groups is 2. The van der Waals surface area contributed by atoms with Gasteiger partial charge in [-0.25, -0.2) is 0 Å². The molecule has 1 amide bonds. The zero-order valence-corrected chi connectivity index (χ0v) is 17.1. The first-order valence-corrected chi connectivity index (χ1v) is 9.70. The highest BCUT2D eigenvalue weighted by atomic mass is 16.5. The molecule has 3 aromatic carbocycles. The molecule has 156 valence electrons. The molecule has 0 radical (unpaired) electrons. The van der Waals surface area contributed by atoms with Crippen LogP contribution in [0.4, 0.5) is 5.69 Å². The van der Waals surface area contributed by atoms with Crippen LogP contribution in [0.15, 0.2) is 84.4 Å². The van der Waals surface area contributed by atoms with Crippen LogP contribution in [0.1, 0.15) is 17.2 Å². The van der Waals surface area contributed by atoms with Crippen LogP contribution in [0.3, 0.4) is 0 Å². The summed E-state index contributed by atoms with van der Waals surface area (Å²) in [6.07, 6.45) is 0. The Morgan fingerprint density at radius 1 is 0.871 bits per heavy atom. The quantitative estimate of drug-likeness (QED) is 0.381. The van der Waals surface area contributed by atoms with E-state index in [1.807, 2.05) is 6.07 Å². The van der Waals surface area contributed by atoms with Crippen molar-refractivity contribution in [2.24, 2.45) is 0 Å². The summed E-state index contributed by atoms with van der Waals surface area (Å²) < 4.78 is 10.8. The van der Waals surface area contributed by atoms with Crippen molar-refractivity contribution in [3.05, 3.63) is 95.6 Å². The molecular formula is C25H21NO5. The third kappa shape index (κ3) is 3.53. The maximum absolute atomic E-state index is 13.2. The molecule has 6 nitrogen and oxygen atoms in total. The number of Topliss-reactive ketones (excluding diaryl/α,β-unsaturated/α-hetero) is 1. The van der Waals surface area contributed by atoms with E-state index in [-0.39, 0.29) is 11.3 Å². The molecule has 0 aromatic heterocycles. The van der Waals surface area contributed by atoms with E-state index in [2.05, 4.69) is 0 Å². The number of hydrogen-bond donors (Lipinski definition) is 1. The molecule has 1 unspecified atom stereocenters. The predicted octanol–water partition coefficient (Wildman–Crippen LogP) is 4.33. The van der Waals surface area contributed by atoms with Gasteiger partial charge in [0.15, 0.2) is 0 Å². The first-order valence-electron chi connectivity index (χ1n) is 9.70. The van der Waals surface area contributed by atoms with Gasteiger partial charge in [0.1, 0.15) is 17.3 Å². The smallest absolute Gasteiger partial charge is 0.300 e. The third-order valence-corrected chi connectivity index (χ3v) is 5.26. The Kier molecular flexibility index (Phi) is 5.45. The SMILES string of the molecule is COc1cccc(N2C(=O)C(=O)/C(=C(\O)c3ccccc3)C2c2ccccc2OC)c1. The van der Waals surface area contributed by atoms with Gasteiger partial charge in [0.25, 0.3) is 11.7 Å². The van der Waals surface area contributed by atoms with Crippen molar-refractivity contribution in [2.75, 3.05) is 19.1 Å². The number of ether oxygens (including phenoxy) is 2. The first kappa shape index (κ1) is 20.2. The van der Waals surface area contributed by atoms with Crippen molar-refractivity contribution in [3.8, 4) is 11.5 Å². The number of anilines is 1. The molecule has 1 heterocycles. The van der Waals surface area contributed by atoms with E-state index in [4.69, 9.17) is 9.47 Å². The molecule has 1 saturated heterocycles. The van der Waals surface area contributed by atoms with E-state index in [9.17, 15) is 14.7 Å². The zero-order valence-electron chi connectivity index (χ0n) is 17.1. The summed E-state index contributed by atoms with van der Waals surface area (Å²) in [5.74, 6) is -0.690. The van der Waals surface area contributed by atoms with Crippen LogP contribution in [0.25, 0.3) is 5.76 Å². The second-order valence-corrected chi connectivity index (χ2v) is 6.98. The number of ketones is 1. The van der Waals surface area contributed by atoms with Crippen molar-refractivity contribution in [2.45, 2.75) is 6.04 Å². The lowest BCUT2D eigenvalue weighted by atomic mass is 9.94. The van der Waals surface area contributed by atoms with Gasteiger partial charge in [-0.05, 0) is 18.2 Å². The highest BCUT2D eigenvalue weighted by molar-refractivity contribution is 6.51. The fourth-order valence-corrected chi connectivity index (χ4v) is 3.80. The molecule has 1 atom stereocenters. The molecule has 0 bridgehead atoms. The molecular weight excluding hydrogens is 394 g/mol. The summed E-state index contributed by atoms with van der Waals surface area (Å²) in [6.45, 7) is 0. The predicted molar refractivity (Wildman–Crippen MR) is 117 cm³/mol. The van der Waals surface area contributed by atoms with E-state index >= 15 is 0 Å². The van der Waals surface area contributed by atoms with E-state index < -0.39 is 17.7 Å². The zero-order chi connectivity index (χ0) is 22.0. The molecule has 6 heteroatoms. The monoisotopic (exact) mass is 415 g/mol. The Morgan fingerprint density at radius 3 is 2.29 bits per heavy atom. The number of benzene rings is 3. The lowest BCUT2D eigenvalue weighted by molar-refractivity contribution is -0.132. The van der Waals surface area contributed by atoms with Gasteiger partial charge in [-0.1, -0.05) is 54.6 Å². The van der Waals surface area contributed by atoms with E-state index in [0.717, 1.165) is 0 Å². The summed E-state index contributed by atoms with van der Waals surface area (Å²) in [5.41, 5.74) is 1.52. The van der Waals surface area contributed by atoms with Crippen LogP contribution in [0, 0.1) is 0 Å². The van der Waals surface area contributed by atoms with Crippen LogP contribution in [-0.2, 0) is 9.59 Å². The normalized spacial score (nSPS) is 17.6. The van der Waals surface area contributed by atoms with E-state index in [0.29, 0.717) is 28.3 Å². The third-order valence-electron chi connectivity index (χ3n) is 5.26. The minimum Gasteiger partial charge on any atom is -0.507 e. The van der Waals surface area contributed by atoms with Crippen LogP contribution in [0.5, 0.6) is 11.5 Å². The highest BCUT2D eigenvalue weighted by Gasteiger charge is 2.48. The second kappa shape index (κ2) is 8.36. The van der Waals surface area contributed by atoms with Crippen LogP contribution >= 0.6 is 0 Å². The molecule has 3 aromatic rings. The van der Waals surface area contributed by atoms with Gasteiger partial charge in [-0.3, -0.25) is 14.5 Å². The number of methoxy groups -OCH3 is 2. The average Bonchev–Trinajstić information content (AvgIpc) is 3.09. The van der Waals surface area contributed by atoms with Crippen molar-refractivity contribution in [1.82, 2.24) is 0 Å². The van der Waals surface area contributed by atoms with Crippen molar-refractivity contribution < 1.29 is 24.2 Å². The standard InChI is InChI=1S/C25H21NO5/c1-30-18-12-8-11-17(15-18)26-22(19-13-6-7-14-20(19)31-2)21(24(28)25(26)29)23(27)16-9-4-3-5-10-16/h3-15,22,27H,1-2H3/b23-21-. The Balaban J connectivity index is 1.99. The number of hydrogen-bond acceptors (Lipinski definition) is 5.